The first-order valence-electron chi connectivity index (χ1n) is 5.81. The van der Waals surface area contributed by atoms with Gasteiger partial charge in [0.15, 0.2) is 0 Å². The maximum Gasteiger partial charge on any atom is 0.0894 e. The van der Waals surface area contributed by atoms with Gasteiger partial charge in [0, 0.05) is 12.7 Å². The molecule has 88 valence electrons. The van der Waals surface area contributed by atoms with E-state index in [-0.39, 0.29) is 6.67 Å². The molecule has 0 spiro atoms. The van der Waals surface area contributed by atoms with Crippen LogP contribution in [0.1, 0.15) is 45.7 Å². The number of aromatic nitrogens is 3. The number of alkyl halides is 1. The average molecular weight is 215 g/mol. The zero-order valence-electron chi connectivity index (χ0n) is 10.0. The quantitative estimate of drug-likeness (QED) is 0.683. The highest BCUT2D eigenvalue weighted by Crippen LogP contribution is 2.03. The van der Waals surface area contributed by atoms with Crippen molar-refractivity contribution in [3.05, 3.63) is 11.9 Å². The molecular formula is C11H22FN3. The predicted molar refractivity (Wildman–Crippen MR) is 60.6 cm³/mol. The molecule has 0 amide bonds. The number of unbranched alkanes of at least 4 members (excludes halogenated alkanes) is 2. The second-order valence-corrected chi connectivity index (χ2v) is 3.07. The van der Waals surface area contributed by atoms with Gasteiger partial charge in [0.05, 0.1) is 12.4 Å². The highest BCUT2D eigenvalue weighted by molar-refractivity contribution is 4.91. The second-order valence-electron chi connectivity index (χ2n) is 3.07. The van der Waals surface area contributed by atoms with Crippen LogP contribution >= 0.6 is 0 Å². The van der Waals surface area contributed by atoms with Gasteiger partial charge in [0.25, 0.3) is 0 Å². The topological polar surface area (TPSA) is 30.7 Å². The van der Waals surface area contributed by atoms with Crippen LogP contribution in [-0.2, 0) is 13.0 Å². The molecule has 0 saturated carbocycles. The second kappa shape index (κ2) is 9.62. The molecule has 3 nitrogen and oxygen atoms in total. The van der Waals surface area contributed by atoms with Crippen LogP contribution in [0.25, 0.3) is 0 Å². The lowest BCUT2D eigenvalue weighted by atomic mass is 10.2. The first kappa shape index (κ1) is 14.1. The molecule has 1 aromatic heterocycles. The molecule has 0 bridgehead atoms. The van der Waals surface area contributed by atoms with E-state index in [4.69, 9.17) is 0 Å². The minimum absolute atomic E-state index is 0.207. The zero-order chi connectivity index (χ0) is 11.5. The Labute approximate surface area is 91.7 Å². The van der Waals surface area contributed by atoms with E-state index in [1.807, 2.05) is 31.6 Å². The van der Waals surface area contributed by atoms with Gasteiger partial charge in [-0.05, 0) is 26.2 Å². The highest BCUT2D eigenvalue weighted by atomic mass is 19.1. The standard InChI is InChI=1S/C9H16FN3.C2H6/c1-2-13-8-9(11-12-13)6-4-3-5-7-10;1-2/h8H,2-7H2,1H3;1-2H3. The molecule has 15 heavy (non-hydrogen) atoms. The molecule has 0 N–H and O–H groups in total. The summed E-state index contributed by atoms with van der Waals surface area (Å²) in [7, 11) is 0. The zero-order valence-corrected chi connectivity index (χ0v) is 10.0. The van der Waals surface area contributed by atoms with Gasteiger partial charge in [-0.1, -0.05) is 25.5 Å². The van der Waals surface area contributed by atoms with E-state index in [1.54, 1.807) is 0 Å². The normalized spacial score (nSPS) is 9.60. The summed E-state index contributed by atoms with van der Waals surface area (Å²) in [5.74, 6) is 0. The largest absolute Gasteiger partial charge is 0.253 e. The fraction of sp³-hybridized carbons (Fsp3) is 0.818. The lowest BCUT2D eigenvalue weighted by molar-refractivity contribution is 0.456. The average Bonchev–Trinajstić information content (AvgIpc) is 2.75. The number of hydrogen-bond acceptors (Lipinski definition) is 2. The third kappa shape index (κ3) is 6.20. The summed E-state index contributed by atoms with van der Waals surface area (Å²) in [6, 6.07) is 0. The molecule has 0 fully saturated rings. The lowest BCUT2D eigenvalue weighted by Gasteiger charge is -1.94. The molecular weight excluding hydrogens is 193 g/mol. The Balaban J connectivity index is 0.000000921. The van der Waals surface area contributed by atoms with E-state index in [1.165, 1.54) is 0 Å². The Kier molecular flexibility index (Phi) is 9.02. The van der Waals surface area contributed by atoms with Gasteiger partial charge in [0.1, 0.15) is 0 Å². The van der Waals surface area contributed by atoms with Crippen molar-refractivity contribution in [3.63, 3.8) is 0 Å². The number of hydrogen-bond donors (Lipinski definition) is 0. The Morgan fingerprint density at radius 2 is 2.00 bits per heavy atom. The molecule has 0 radical (unpaired) electrons. The van der Waals surface area contributed by atoms with Crippen molar-refractivity contribution < 1.29 is 4.39 Å². The van der Waals surface area contributed by atoms with Crippen LogP contribution in [0.5, 0.6) is 0 Å². The van der Waals surface area contributed by atoms with E-state index in [2.05, 4.69) is 10.3 Å². The van der Waals surface area contributed by atoms with E-state index in [9.17, 15) is 4.39 Å². The summed E-state index contributed by atoms with van der Waals surface area (Å²) in [6.07, 6.45) is 5.49. The third-order valence-corrected chi connectivity index (χ3v) is 1.98. The van der Waals surface area contributed by atoms with Gasteiger partial charge in [-0.25, -0.2) is 0 Å². The van der Waals surface area contributed by atoms with Crippen LogP contribution < -0.4 is 0 Å². The molecule has 1 aromatic rings. The first-order chi connectivity index (χ1) is 7.36. The van der Waals surface area contributed by atoms with Crippen LogP contribution in [0, 0.1) is 0 Å². The van der Waals surface area contributed by atoms with Crippen molar-refractivity contribution in [2.45, 2.75) is 53.0 Å². The van der Waals surface area contributed by atoms with Crippen molar-refractivity contribution in [3.8, 4) is 0 Å². The summed E-state index contributed by atoms with van der Waals surface area (Å²) in [5, 5.41) is 7.93. The van der Waals surface area contributed by atoms with Crippen LogP contribution in [0.3, 0.4) is 0 Å². The summed E-state index contributed by atoms with van der Waals surface area (Å²) in [6.45, 7) is 6.68. The van der Waals surface area contributed by atoms with Crippen LogP contribution in [0.15, 0.2) is 6.20 Å². The number of rotatable bonds is 6. The third-order valence-electron chi connectivity index (χ3n) is 1.98. The van der Waals surface area contributed by atoms with Crippen LogP contribution in [0.4, 0.5) is 4.39 Å². The van der Waals surface area contributed by atoms with Crippen molar-refractivity contribution >= 4 is 0 Å². The van der Waals surface area contributed by atoms with Gasteiger partial charge in [-0.15, -0.1) is 5.10 Å². The van der Waals surface area contributed by atoms with Crippen LogP contribution in [0.2, 0.25) is 0 Å². The van der Waals surface area contributed by atoms with Crippen molar-refractivity contribution in [2.24, 2.45) is 0 Å². The highest BCUT2D eigenvalue weighted by Gasteiger charge is 1.98. The van der Waals surface area contributed by atoms with Gasteiger partial charge >= 0.3 is 0 Å². The molecule has 0 aromatic carbocycles. The van der Waals surface area contributed by atoms with E-state index < -0.39 is 0 Å². The number of aryl methyl sites for hydroxylation is 2. The monoisotopic (exact) mass is 215 g/mol. The van der Waals surface area contributed by atoms with E-state index >= 15 is 0 Å². The lowest BCUT2D eigenvalue weighted by Crippen LogP contribution is -1.93. The Morgan fingerprint density at radius 3 is 2.53 bits per heavy atom. The molecule has 1 heterocycles. The number of halogens is 1. The summed E-state index contributed by atoms with van der Waals surface area (Å²) < 4.78 is 13.6. The van der Waals surface area contributed by atoms with Crippen molar-refractivity contribution in [2.75, 3.05) is 6.67 Å². The molecule has 0 unspecified atom stereocenters. The fourth-order valence-electron chi connectivity index (χ4n) is 1.19. The molecule has 0 aliphatic rings. The van der Waals surface area contributed by atoms with Crippen molar-refractivity contribution in [1.82, 2.24) is 15.0 Å². The Bertz CT molecular complexity index is 235. The number of nitrogens with zero attached hydrogens (tertiary/aromatic N) is 3. The molecule has 0 atom stereocenters. The maximum absolute atomic E-state index is 11.7. The fourth-order valence-corrected chi connectivity index (χ4v) is 1.19. The summed E-state index contributed by atoms with van der Waals surface area (Å²) in [4.78, 5) is 0. The molecule has 0 aliphatic heterocycles. The minimum Gasteiger partial charge on any atom is -0.253 e. The summed E-state index contributed by atoms with van der Waals surface area (Å²) in [5.41, 5.74) is 1.01. The van der Waals surface area contributed by atoms with Gasteiger partial charge in [-0.3, -0.25) is 9.07 Å². The van der Waals surface area contributed by atoms with Gasteiger partial charge < -0.3 is 0 Å². The van der Waals surface area contributed by atoms with E-state index in [0.717, 1.165) is 31.5 Å². The molecule has 0 aliphatic carbocycles. The van der Waals surface area contributed by atoms with Gasteiger partial charge in [-0.2, -0.15) is 0 Å². The molecule has 1 rings (SSSR count). The van der Waals surface area contributed by atoms with Gasteiger partial charge in [0.2, 0.25) is 0 Å². The predicted octanol–water partition coefficient (Wildman–Crippen LogP) is 3.01. The van der Waals surface area contributed by atoms with Crippen LogP contribution in [-0.4, -0.2) is 21.7 Å². The first-order valence-corrected chi connectivity index (χ1v) is 5.81. The van der Waals surface area contributed by atoms with E-state index in [0.29, 0.717) is 6.42 Å². The maximum atomic E-state index is 11.7. The van der Waals surface area contributed by atoms with Crippen molar-refractivity contribution in [1.29, 1.82) is 0 Å². The smallest absolute Gasteiger partial charge is 0.0894 e. The SMILES string of the molecule is CC.CCn1cc(CCCCCF)nn1. The Morgan fingerprint density at radius 1 is 1.27 bits per heavy atom. The summed E-state index contributed by atoms with van der Waals surface area (Å²) >= 11 is 0. The molecule has 0 saturated heterocycles. The minimum atomic E-state index is -0.207. The Hall–Kier alpha value is -0.930. The molecule has 4 heteroatoms.